The van der Waals surface area contributed by atoms with Crippen molar-refractivity contribution < 1.29 is 9.53 Å². The third kappa shape index (κ3) is 5.40. The van der Waals surface area contributed by atoms with Crippen molar-refractivity contribution in [1.29, 1.82) is 0 Å². The number of H-pyrrole nitrogens is 1. The highest BCUT2D eigenvalue weighted by Gasteiger charge is 2.25. The first kappa shape index (κ1) is 24.6. The maximum Gasteiger partial charge on any atom is 0.355 e. The van der Waals surface area contributed by atoms with Gasteiger partial charge >= 0.3 is 5.97 Å². The van der Waals surface area contributed by atoms with Crippen LogP contribution in [0.4, 0.5) is 11.8 Å². The molecule has 8 nitrogen and oxygen atoms in total. The van der Waals surface area contributed by atoms with Gasteiger partial charge in [0.05, 0.1) is 16.7 Å². The largest absolute Gasteiger partial charge is 0.461 e. The van der Waals surface area contributed by atoms with Crippen LogP contribution in [-0.4, -0.2) is 53.7 Å². The summed E-state index contributed by atoms with van der Waals surface area (Å²) in [4.78, 5) is 26.6. The Labute approximate surface area is 209 Å². The van der Waals surface area contributed by atoms with Gasteiger partial charge in [0.15, 0.2) is 0 Å². The van der Waals surface area contributed by atoms with Crippen LogP contribution < -0.4 is 15.5 Å². The second-order valence-electron chi connectivity index (χ2n) is 8.69. The monoisotopic (exact) mass is 504 g/mol. The first-order valence-electron chi connectivity index (χ1n) is 11.5. The Hall–Kier alpha value is -2.55. The van der Waals surface area contributed by atoms with E-state index in [1.165, 1.54) is 0 Å². The Bertz CT molecular complexity index is 1160. The molecule has 0 radical (unpaired) electrons. The number of hydrogen-bond donors (Lipinski definition) is 3. The molecule has 1 aliphatic rings. The van der Waals surface area contributed by atoms with E-state index >= 15 is 0 Å². The molecule has 2 aromatic heterocycles. The molecule has 0 atom stereocenters. The summed E-state index contributed by atoms with van der Waals surface area (Å²) in [6, 6.07) is 6.10. The van der Waals surface area contributed by atoms with Gasteiger partial charge in [-0.2, -0.15) is 4.98 Å². The second kappa shape index (κ2) is 10.8. The Kier molecular flexibility index (Phi) is 7.80. The fourth-order valence-electron chi connectivity index (χ4n) is 4.38. The lowest BCUT2D eigenvalue weighted by Gasteiger charge is -2.30. The van der Waals surface area contributed by atoms with Gasteiger partial charge in [-0.25, -0.2) is 9.78 Å². The van der Waals surface area contributed by atoms with E-state index < -0.39 is 5.97 Å². The van der Waals surface area contributed by atoms with E-state index in [0.29, 0.717) is 46.9 Å². The lowest BCUT2D eigenvalue weighted by molar-refractivity contribution is 0.0519. The Morgan fingerprint density at radius 3 is 2.62 bits per heavy atom. The highest BCUT2D eigenvalue weighted by molar-refractivity contribution is 6.45. The van der Waals surface area contributed by atoms with Crippen molar-refractivity contribution in [2.45, 2.75) is 51.2 Å². The van der Waals surface area contributed by atoms with Crippen molar-refractivity contribution in [1.82, 2.24) is 20.3 Å². The van der Waals surface area contributed by atoms with Crippen molar-refractivity contribution in [3.05, 3.63) is 45.7 Å². The summed E-state index contributed by atoms with van der Waals surface area (Å²) in [6.45, 7) is 2.58. The van der Waals surface area contributed by atoms with E-state index in [1.54, 1.807) is 19.2 Å². The number of rotatable bonds is 8. The summed E-state index contributed by atoms with van der Waals surface area (Å²) in [5.41, 5.74) is 1.97. The van der Waals surface area contributed by atoms with E-state index in [2.05, 4.69) is 25.6 Å². The molecule has 2 heterocycles. The van der Waals surface area contributed by atoms with Crippen LogP contribution in [0.5, 0.6) is 0 Å². The van der Waals surface area contributed by atoms with Crippen LogP contribution in [0.1, 0.15) is 48.7 Å². The minimum Gasteiger partial charge on any atom is -0.461 e. The minimum absolute atomic E-state index is 0.299. The zero-order valence-electron chi connectivity index (χ0n) is 19.6. The van der Waals surface area contributed by atoms with Gasteiger partial charge in [-0.15, -0.1) is 0 Å². The Morgan fingerprint density at radius 2 is 1.91 bits per heavy atom. The molecule has 0 unspecified atom stereocenters. The number of hydrogen-bond acceptors (Lipinski definition) is 7. The molecule has 0 saturated heterocycles. The summed E-state index contributed by atoms with van der Waals surface area (Å²) in [5, 5.41) is 8.74. The van der Waals surface area contributed by atoms with Gasteiger partial charge in [-0.3, -0.25) is 0 Å². The Morgan fingerprint density at radius 1 is 1.18 bits per heavy atom. The fourth-order valence-corrected chi connectivity index (χ4v) is 4.81. The standard InChI is InChI=1S/C24H30Cl2N6O2/c1-4-34-23(33)22-16(20-18(30-22)10-9-17(25)21(20)26)13-28-14-5-7-15(8-6-14)29-24-27-12-11-19(31-24)32(2)3/h9-12,14-15,28,30H,4-8,13H2,1-3H3,(H,27,29,31)/t14-,15+. The molecule has 1 aromatic carbocycles. The van der Waals surface area contributed by atoms with E-state index in [4.69, 9.17) is 27.9 Å². The number of nitrogens with one attached hydrogen (secondary N) is 3. The summed E-state index contributed by atoms with van der Waals surface area (Å²) < 4.78 is 5.26. The number of nitrogens with zero attached hydrogens (tertiary/aromatic N) is 3. The third-order valence-corrected chi connectivity index (χ3v) is 6.97. The van der Waals surface area contributed by atoms with Crippen LogP contribution in [0.15, 0.2) is 24.4 Å². The predicted molar refractivity (Wildman–Crippen MR) is 137 cm³/mol. The average molecular weight is 505 g/mol. The van der Waals surface area contributed by atoms with Gasteiger partial charge in [0.25, 0.3) is 0 Å². The van der Waals surface area contributed by atoms with Crippen LogP contribution in [0.2, 0.25) is 10.0 Å². The van der Waals surface area contributed by atoms with E-state index in [0.717, 1.165) is 48.0 Å². The summed E-state index contributed by atoms with van der Waals surface area (Å²) in [6.07, 6.45) is 5.77. The summed E-state index contributed by atoms with van der Waals surface area (Å²) in [7, 11) is 3.93. The third-order valence-electron chi connectivity index (χ3n) is 6.16. The SMILES string of the molecule is CCOC(=O)c1[nH]c2ccc(Cl)c(Cl)c2c1CN[C@H]1CC[C@@H](Nc2nccc(N(C)C)n2)CC1. The van der Waals surface area contributed by atoms with Crippen molar-refractivity contribution in [3.63, 3.8) is 0 Å². The second-order valence-corrected chi connectivity index (χ2v) is 9.47. The quantitative estimate of drug-likeness (QED) is 0.370. The highest BCUT2D eigenvalue weighted by atomic mass is 35.5. The van der Waals surface area contributed by atoms with Crippen LogP contribution >= 0.6 is 23.2 Å². The molecule has 3 aromatic rings. The molecule has 34 heavy (non-hydrogen) atoms. The van der Waals surface area contributed by atoms with Crippen molar-refractivity contribution in [2.24, 2.45) is 0 Å². The van der Waals surface area contributed by atoms with Crippen molar-refractivity contribution in [2.75, 3.05) is 30.9 Å². The molecule has 182 valence electrons. The molecule has 4 rings (SSSR count). The number of ether oxygens (including phenoxy) is 1. The van der Waals surface area contributed by atoms with E-state index in [9.17, 15) is 4.79 Å². The van der Waals surface area contributed by atoms with Crippen LogP contribution in [0, 0.1) is 0 Å². The topological polar surface area (TPSA) is 95.2 Å². The molecule has 0 bridgehead atoms. The summed E-state index contributed by atoms with van der Waals surface area (Å²) >= 11 is 12.8. The molecular formula is C24H30Cl2N6O2. The molecule has 1 aliphatic carbocycles. The number of aromatic nitrogens is 3. The van der Waals surface area contributed by atoms with Gasteiger partial charge in [0.2, 0.25) is 5.95 Å². The molecular weight excluding hydrogens is 475 g/mol. The van der Waals surface area contributed by atoms with Gasteiger partial charge in [0, 0.05) is 55.4 Å². The Balaban J connectivity index is 1.41. The number of carbonyl (C=O) groups excluding carboxylic acids is 1. The molecule has 0 aliphatic heterocycles. The molecule has 0 amide bonds. The van der Waals surface area contributed by atoms with Gasteiger partial charge < -0.3 is 25.3 Å². The minimum atomic E-state index is -0.393. The first-order valence-corrected chi connectivity index (χ1v) is 12.3. The van der Waals surface area contributed by atoms with Crippen molar-refractivity contribution in [3.8, 4) is 0 Å². The van der Waals surface area contributed by atoms with Crippen LogP contribution in [0.3, 0.4) is 0 Å². The smallest absolute Gasteiger partial charge is 0.355 e. The molecule has 10 heteroatoms. The number of benzene rings is 1. The normalized spacial score (nSPS) is 18.1. The van der Waals surface area contributed by atoms with Crippen LogP contribution in [-0.2, 0) is 11.3 Å². The number of anilines is 2. The predicted octanol–water partition coefficient (Wildman–Crippen LogP) is 5.02. The van der Waals surface area contributed by atoms with Gasteiger partial charge in [0.1, 0.15) is 11.5 Å². The highest BCUT2D eigenvalue weighted by Crippen LogP contribution is 2.35. The zero-order chi connectivity index (χ0) is 24.2. The molecule has 3 N–H and O–H groups in total. The molecule has 1 fully saturated rings. The lowest BCUT2D eigenvalue weighted by atomic mass is 9.91. The van der Waals surface area contributed by atoms with Gasteiger partial charge in [-0.1, -0.05) is 23.2 Å². The average Bonchev–Trinajstić information content (AvgIpc) is 3.21. The van der Waals surface area contributed by atoms with E-state index in [-0.39, 0.29) is 0 Å². The fraction of sp³-hybridized carbons (Fsp3) is 0.458. The zero-order valence-corrected chi connectivity index (χ0v) is 21.1. The summed E-state index contributed by atoms with van der Waals surface area (Å²) in [5.74, 6) is 1.14. The molecule has 1 saturated carbocycles. The lowest BCUT2D eigenvalue weighted by Crippen LogP contribution is -2.37. The van der Waals surface area contributed by atoms with Crippen molar-refractivity contribution >= 4 is 51.8 Å². The van der Waals surface area contributed by atoms with Crippen LogP contribution in [0.25, 0.3) is 10.9 Å². The first-order chi connectivity index (χ1) is 16.4. The number of fused-ring (bicyclic) bond motifs is 1. The number of carbonyl (C=O) groups is 1. The number of esters is 1. The maximum absolute atomic E-state index is 12.6. The maximum atomic E-state index is 12.6. The van der Waals surface area contributed by atoms with Gasteiger partial charge in [-0.05, 0) is 50.8 Å². The number of aromatic amines is 1. The molecule has 0 spiro atoms. The number of halogens is 2. The van der Waals surface area contributed by atoms with E-state index in [1.807, 2.05) is 31.1 Å².